The Morgan fingerprint density at radius 2 is 0.822 bits per heavy atom. The molecule has 0 saturated carbocycles. The van der Waals surface area contributed by atoms with Gasteiger partial charge < -0.3 is 52.6 Å². The summed E-state index contributed by atoms with van der Waals surface area (Å²) in [5, 5.41) is 26.9. The molecule has 0 spiro atoms. The number of nitrogens with two attached hydrogens (primary N) is 4. The number of aryl methyl sites for hydroxylation is 7. The molecule has 11 rings (SSSR count). The number of carbonyl (C=O) groups is 3. The molecule has 0 aliphatic heterocycles. The summed E-state index contributed by atoms with van der Waals surface area (Å²) in [7, 11) is 7.56. The van der Waals surface area contributed by atoms with Crippen molar-refractivity contribution >= 4 is 71.0 Å². The Bertz CT molecular complexity index is 4690. The molecule has 24 nitrogen and oxygen atoms in total. The highest BCUT2D eigenvalue weighted by molar-refractivity contribution is 6.58. The van der Waals surface area contributed by atoms with E-state index in [2.05, 4.69) is 54.6 Å². The van der Waals surface area contributed by atoms with E-state index in [1.165, 1.54) is 55.6 Å². The summed E-state index contributed by atoms with van der Waals surface area (Å²) in [6.45, 7) is 11.6. The molecule has 0 bridgehead atoms. The third kappa shape index (κ3) is 21.4. The van der Waals surface area contributed by atoms with Crippen molar-refractivity contribution in [3.05, 3.63) is 231 Å². The van der Waals surface area contributed by atoms with Gasteiger partial charge in [0.1, 0.15) is 40.5 Å². The van der Waals surface area contributed by atoms with E-state index < -0.39 is 19.1 Å². The van der Waals surface area contributed by atoms with Gasteiger partial charge in [0.25, 0.3) is 0 Å². The van der Waals surface area contributed by atoms with Gasteiger partial charge in [0.2, 0.25) is 0 Å². The first-order chi connectivity index (χ1) is 47.9. The first kappa shape index (κ1) is 76.6. The molecule has 3 aromatic carbocycles. The molecular weight excluding hydrogens is 1320 g/mol. The summed E-state index contributed by atoms with van der Waals surface area (Å²) >= 11 is 5.95. The van der Waals surface area contributed by atoms with Crippen molar-refractivity contribution in [2.75, 3.05) is 62.3 Å². The fraction of sp³-hybridized carbons (Fsp3) is 0.194. The number of anilines is 5. The number of carbonyl (C=O) groups excluding carboxylic acids is 2. The number of nitrogens with zero attached hydrogens (tertiary/aromatic N) is 13. The van der Waals surface area contributed by atoms with Crippen LogP contribution in [0.4, 0.5) is 42.3 Å². The number of ether oxygens (including phenoxy) is 1. The highest BCUT2D eigenvalue weighted by Gasteiger charge is 2.24. The number of nitrogen functional groups attached to an aromatic ring is 3. The summed E-state index contributed by atoms with van der Waals surface area (Å²) in [5.41, 5.74) is 34.8. The number of hydrogen-bond acceptors (Lipinski definition) is 23. The molecule has 8 aromatic heterocycles. The molecule has 0 saturated heterocycles. The number of hydrogen-bond donors (Lipinski definition) is 7. The summed E-state index contributed by atoms with van der Waals surface area (Å²) in [6.07, 6.45) is 0.636. The number of carboxylic acid groups (broad SMARTS) is 1. The lowest BCUT2D eigenvalue weighted by atomic mass is 9.80. The van der Waals surface area contributed by atoms with Crippen LogP contribution in [0, 0.1) is 59.0 Å². The topological polar surface area (TPSA) is 373 Å². The summed E-state index contributed by atoms with van der Waals surface area (Å²) < 4.78 is 44.1. The second-order valence-corrected chi connectivity index (χ2v) is 23.3. The number of carboxylic acids is 1. The van der Waals surface area contributed by atoms with E-state index >= 15 is 0 Å². The molecule has 11 aromatic rings. The minimum absolute atomic E-state index is 0.0128. The third-order valence-electron chi connectivity index (χ3n) is 14.4. The lowest BCUT2D eigenvalue weighted by Gasteiger charge is -2.14. The van der Waals surface area contributed by atoms with Crippen LogP contribution in [0.15, 0.2) is 146 Å². The minimum atomic E-state index is -1.39. The molecule has 520 valence electrons. The average molecular weight is 1390 g/mol. The molecule has 0 radical (unpaired) electrons. The standard InChI is InChI=1S/C27H27FN6O.C18H15FN4O2.C12H9ClFN3O2.C8H13N3.C7H10BNO2/c1-16-14-19(15-17(2)30-16)25-24(18-8-10-20(28)11-9-18)33-27(29)26(32-25)22(35)13-12-21-6-5-7-23(31-21)34(3)4;1-9-7-12(8-10(2)21-9)15-14(11-3-5-13(19)6-4-11)23-17(20)16(22-15)18(24)25;1-19-12(18)9-11(15)17-8(10(13)16-9)6-2-4-7(14)5-3-6;1-11(2)8-5-3-4-7(6-9)10-8;1-5-3-7(8(10)11)4-6(2)9-5/h5-11,14-15H,12-13H2,1-4H3,(H2,29,33);3-8H,1-2H3,(H2,20,23)(H,24,25);2-5H,1H3,(H2,15,17);3-5H,6,9H2,1-2H3;3-4,10-11H,1-2H3. The molecule has 11 N–H and O–H groups in total. The Labute approximate surface area is 586 Å². The van der Waals surface area contributed by atoms with Crippen molar-refractivity contribution in [2.45, 2.75) is 60.9 Å². The van der Waals surface area contributed by atoms with Crippen LogP contribution < -0.4 is 38.2 Å². The lowest BCUT2D eigenvalue weighted by Crippen LogP contribution is -2.30. The van der Waals surface area contributed by atoms with Crippen LogP contribution in [0.3, 0.4) is 0 Å². The lowest BCUT2D eigenvalue weighted by molar-refractivity contribution is 0.0593. The maximum Gasteiger partial charge on any atom is 0.488 e. The quantitative estimate of drug-likeness (QED) is 0.0285. The summed E-state index contributed by atoms with van der Waals surface area (Å²) in [6, 6.07) is 39.3. The van der Waals surface area contributed by atoms with Crippen LogP contribution >= 0.6 is 11.6 Å². The van der Waals surface area contributed by atoms with Gasteiger partial charge in [-0.3, -0.25) is 19.7 Å². The molecule has 101 heavy (non-hydrogen) atoms. The molecule has 0 fully saturated rings. The molecule has 0 unspecified atom stereocenters. The van der Waals surface area contributed by atoms with Crippen LogP contribution in [0.1, 0.15) is 83.4 Å². The third-order valence-corrected chi connectivity index (χ3v) is 14.6. The predicted octanol–water partition coefficient (Wildman–Crippen LogP) is 10.4. The number of esters is 1. The van der Waals surface area contributed by atoms with Crippen molar-refractivity contribution in [1.82, 2.24) is 54.8 Å². The highest BCUT2D eigenvalue weighted by Crippen LogP contribution is 2.34. The number of aromatic carboxylic acids is 1. The highest BCUT2D eigenvalue weighted by atomic mass is 35.5. The van der Waals surface area contributed by atoms with Crippen LogP contribution in [-0.4, -0.2) is 130 Å². The van der Waals surface area contributed by atoms with E-state index in [1.54, 1.807) is 48.5 Å². The Hall–Kier alpha value is -11.7. The number of Topliss-reactive ketones (excluding diaryl/α,β-unsaturated/α-hetero) is 1. The molecule has 0 aliphatic rings. The van der Waals surface area contributed by atoms with Gasteiger partial charge in [-0.25, -0.2) is 62.6 Å². The molecular formula is C72H74BClF3N17O7. The van der Waals surface area contributed by atoms with E-state index in [-0.39, 0.29) is 75.0 Å². The van der Waals surface area contributed by atoms with Crippen molar-refractivity contribution in [1.29, 1.82) is 0 Å². The largest absolute Gasteiger partial charge is 0.488 e. The van der Waals surface area contributed by atoms with E-state index in [0.717, 1.165) is 62.8 Å². The average Bonchev–Trinajstić information content (AvgIpc) is 0.791. The van der Waals surface area contributed by atoms with Crippen molar-refractivity contribution < 1.29 is 47.4 Å². The van der Waals surface area contributed by atoms with Gasteiger partial charge in [-0.15, -0.1) is 0 Å². The van der Waals surface area contributed by atoms with Crippen LogP contribution in [0.5, 0.6) is 0 Å². The Balaban J connectivity index is 0.000000190. The maximum absolute atomic E-state index is 13.6. The SMILES string of the molecule is CN(C)c1cccc(CN)n1.COC(=O)c1nc(Cl)c(-c2ccc(F)cc2)nc1N.Cc1cc(-c2nc(C(=O)CCc3cccc(N(C)C)n3)c(N)nc2-c2ccc(F)cc2)cc(C)n1.Cc1cc(-c2nc(C(=O)O)c(N)nc2-c2ccc(F)cc2)cc(C)n1.Cc1cc(B(O)O)cc(C)n1. The number of rotatable bonds is 15. The summed E-state index contributed by atoms with van der Waals surface area (Å²) in [4.78, 5) is 87.0. The van der Waals surface area contributed by atoms with Gasteiger partial charge in [0.05, 0.1) is 35.6 Å². The predicted molar refractivity (Wildman–Crippen MR) is 385 cm³/mol. The monoisotopic (exact) mass is 1390 g/mol. The van der Waals surface area contributed by atoms with E-state index in [9.17, 15) is 32.7 Å². The van der Waals surface area contributed by atoms with Gasteiger partial charge in [-0.1, -0.05) is 23.7 Å². The molecule has 0 amide bonds. The van der Waals surface area contributed by atoms with Gasteiger partial charge in [-0.2, -0.15) is 0 Å². The zero-order chi connectivity index (χ0) is 73.9. The fourth-order valence-corrected chi connectivity index (χ4v) is 9.99. The van der Waals surface area contributed by atoms with Gasteiger partial charge in [-0.05, 0) is 187 Å². The fourth-order valence-electron chi connectivity index (χ4n) is 9.75. The molecule has 29 heteroatoms. The molecule has 0 atom stereocenters. The first-order valence-electron chi connectivity index (χ1n) is 30.9. The van der Waals surface area contributed by atoms with Gasteiger partial charge in [0, 0.05) is 109 Å². The second kappa shape index (κ2) is 35.2. The number of aromatic nitrogens is 11. The normalized spacial score (nSPS) is 10.5. The van der Waals surface area contributed by atoms with Crippen LogP contribution in [0.2, 0.25) is 5.15 Å². The van der Waals surface area contributed by atoms with Crippen molar-refractivity contribution in [2.24, 2.45) is 5.73 Å². The smallest absolute Gasteiger partial charge is 0.476 e. The number of benzene rings is 3. The van der Waals surface area contributed by atoms with E-state index in [1.807, 2.05) is 128 Å². The van der Waals surface area contributed by atoms with Crippen molar-refractivity contribution in [3.8, 4) is 56.3 Å². The zero-order valence-corrected chi connectivity index (χ0v) is 57.9. The Kier molecular flexibility index (Phi) is 26.7. The Morgan fingerprint density at radius 3 is 1.22 bits per heavy atom. The zero-order valence-electron chi connectivity index (χ0n) is 57.2. The summed E-state index contributed by atoms with van der Waals surface area (Å²) in [5.74, 6) is -1.82. The first-order valence-corrected chi connectivity index (χ1v) is 31.3. The number of methoxy groups -OCH3 is 1. The van der Waals surface area contributed by atoms with E-state index in [0.29, 0.717) is 63.5 Å². The van der Waals surface area contributed by atoms with Gasteiger partial charge >= 0.3 is 19.1 Å². The number of halogens is 4. The molecule has 0 aliphatic carbocycles. The van der Waals surface area contributed by atoms with Crippen molar-refractivity contribution in [3.63, 3.8) is 0 Å². The Morgan fingerprint density at radius 1 is 0.465 bits per heavy atom. The van der Waals surface area contributed by atoms with Crippen LogP contribution in [-0.2, 0) is 17.7 Å². The second-order valence-electron chi connectivity index (χ2n) is 22.9. The van der Waals surface area contributed by atoms with Crippen LogP contribution in [0.25, 0.3) is 56.3 Å². The minimum Gasteiger partial charge on any atom is -0.476 e. The molecule has 8 heterocycles. The maximum atomic E-state index is 13.6. The number of pyridine rings is 5. The number of ketones is 1. The van der Waals surface area contributed by atoms with Gasteiger partial charge in [0.15, 0.2) is 39.8 Å². The van der Waals surface area contributed by atoms with E-state index in [4.69, 9.17) is 49.6 Å².